The Kier molecular flexibility index (Phi) is 5.11. The molecule has 1 saturated heterocycles. The van der Waals surface area contributed by atoms with Gasteiger partial charge in [0.05, 0.1) is 18.8 Å². The van der Waals surface area contributed by atoms with Gasteiger partial charge in [-0.1, -0.05) is 18.2 Å². The summed E-state index contributed by atoms with van der Waals surface area (Å²) in [6.07, 6.45) is -0.334. The molecule has 25 heavy (non-hydrogen) atoms. The van der Waals surface area contributed by atoms with Crippen LogP contribution in [-0.4, -0.2) is 35.7 Å². The van der Waals surface area contributed by atoms with Gasteiger partial charge in [-0.15, -0.1) is 0 Å². The van der Waals surface area contributed by atoms with Gasteiger partial charge in [0.15, 0.2) is 0 Å². The number of benzene rings is 2. The number of hydrogen-bond acceptors (Lipinski definition) is 4. The van der Waals surface area contributed by atoms with Crippen LogP contribution in [0.5, 0.6) is 0 Å². The lowest BCUT2D eigenvalue weighted by atomic mass is 10.0. The monoisotopic (exact) mass is 347 g/mol. The smallest absolute Gasteiger partial charge is 0.338 e. The third-order valence-electron chi connectivity index (χ3n) is 4.49. The first-order valence-corrected chi connectivity index (χ1v) is 8.03. The van der Waals surface area contributed by atoms with E-state index in [0.29, 0.717) is 30.6 Å². The van der Waals surface area contributed by atoms with Crippen molar-refractivity contribution in [1.82, 2.24) is 4.90 Å². The Labute approximate surface area is 144 Å². The maximum absolute atomic E-state index is 14.2. The summed E-state index contributed by atoms with van der Waals surface area (Å²) in [5.74, 6) is -1.48. The SMILES string of the molecule is COC(=O)c1ccccc1CN1CC(O)CC1c1cc(F)ccc1F. The molecule has 2 atom stereocenters. The maximum Gasteiger partial charge on any atom is 0.338 e. The van der Waals surface area contributed by atoms with Crippen LogP contribution in [0, 0.1) is 11.6 Å². The lowest BCUT2D eigenvalue weighted by Crippen LogP contribution is -2.26. The molecule has 2 unspecified atom stereocenters. The van der Waals surface area contributed by atoms with Crippen LogP contribution in [0.25, 0.3) is 0 Å². The molecular weight excluding hydrogens is 328 g/mol. The predicted molar refractivity (Wildman–Crippen MR) is 87.9 cm³/mol. The molecule has 2 aromatic rings. The predicted octanol–water partition coefficient (Wildman–Crippen LogP) is 3.06. The first kappa shape index (κ1) is 17.5. The fraction of sp³-hybridized carbons (Fsp3) is 0.316. The quantitative estimate of drug-likeness (QED) is 0.864. The number of aliphatic hydroxyl groups is 1. The van der Waals surface area contributed by atoms with Crippen molar-refractivity contribution in [2.45, 2.75) is 25.1 Å². The van der Waals surface area contributed by atoms with Gasteiger partial charge in [-0.2, -0.15) is 0 Å². The molecule has 132 valence electrons. The van der Waals surface area contributed by atoms with E-state index in [-0.39, 0.29) is 5.56 Å². The molecule has 1 N–H and O–H groups in total. The van der Waals surface area contributed by atoms with Gasteiger partial charge in [0.1, 0.15) is 11.6 Å². The van der Waals surface area contributed by atoms with Crippen LogP contribution >= 0.6 is 0 Å². The van der Waals surface area contributed by atoms with Crippen molar-refractivity contribution in [2.75, 3.05) is 13.7 Å². The number of ether oxygens (including phenoxy) is 1. The second-order valence-electron chi connectivity index (χ2n) is 6.15. The van der Waals surface area contributed by atoms with Crippen LogP contribution in [0.4, 0.5) is 8.78 Å². The van der Waals surface area contributed by atoms with Gasteiger partial charge in [-0.25, -0.2) is 13.6 Å². The zero-order valence-electron chi connectivity index (χ0n) is 13.8. The molecule has 1 fully saturated rings. The zero-order chi connectivity index (χ0) is 18.0. The van der Waals surface area contributed by atoms with Crippen LogP contribution in [0.15, 0.2) is 42.5 Å². The summed E-state index contributed by atoms with van der Waals surface area (Å²) >= 11 is 0. The minimum atomic E-state index is -0.641. The highest BCUT2D eigenvalue weighted by molar-refractivity contribution is 5.90. The first-order chi connectivity index (χ1) is 12.0. The van der Waals surface area contributed by atoms with Crippen molar-refractivity contribution in [3.8, 4) is 0 Å². The zero-order valence-corrected chi connectivity index (χ0v) is 13.8. The van der Waals surface area contributed by atoms with Crippen molar-refractivity contribution in [2.24, 2.45) is 0 Å². The lowest BCUT2D eigenvalue weighted by Gasteiger charge is -2.25. The van der Waals surface area contributed by atoms with Crippen molar-refractivity contribution < 1.29 is 23.4 Å². The van der Waals surface area contributed by atoms with Crippen molar-refractivity contribution in [1.29, 1.82) is 0 Å². The van der Waals surface area contributed by atoms with Gasteiger partial charge in [-0.3, -0.25) is 4.90 Å². The van der Waals surface area contributed by atoms with E-state index >= 15 is 0 Å². The van der Waals surface area contributed by atoms with E-state index in [4.69, 9.17) is 4.74 Å². The Balaban J connectivity index is 1.91. The minimum Gasteiger partial charge on any atom is -0.465 e. The highest BCUT2D eigenvalue weighted by atomic mass is 19.1. The molecule has 0 aliphatic carbocycles. The summed E-state index contributed by atoms with van der Waals surface area (Å²) < 4.78 is 32.5. The van der Waals surface area contributed by atoms with E-state index < -0.39 is 29.7 Å². The van der Waals surface area contributed by atoms with Crippen molar-refractivity contribution >= 4 is 5.97 Å². The van der Waals surface area contributed by atoms with E-state index in [1.54, 1.807) is 24.3 Å². The number of carbonyl (C=O) groups excluding carboxylic acids is 1. The van der Waals surface area contributed by atoms with E-state index in [9.17, 15) is 18.7 Å². The third-order valence-corrected chi connectivity index (χ3v) is 4.49. The Morgan fingerprint density at radius 3 is 2.80 bits per heavy atom. The van der Waals surface area contributed by atoms with E-state index in [0.717, 1.165) is 18.2 Å². The van der Waals surface area contributed by atoms with Gasteiger partial charge in [0, 0.05) is 24.7 Å². The number of esters is 1. The van der Waals surface area contributed by atoms with Crippen LogP contribution in [0.3, 0.4) is 0 Å². The first-order valence-electron chi connectivity index (χ1n) is 8.03. The minimum absolute atomic E-state index is 0.215. The fourth-order valence-electron chi connectivity index (χ4n) is 3.33. The lowest BCUT2D eigenvalue weighted by molar-refractivity contribution is 0.0598. The second-order valence-corrected chi connectivity index (χ2v) is 6.15. The third kappa shape index (κ3) is 3.70. The number of methoxy groups -OCH3 is 1. The molecule has 1 aliphatic heterocycles. The standard InChI is InChI=1S/C19H19F2NO3/c1-25-19(24)15-5-3-2-4-12(15)10-22-11-14(23)9-18(22)16-8-13(20)6-7-17(16)21/h2-8,14,18,23H,9-11H2,1H3. The number of likely N-dealkylation sites (tertiary alicyclic amines) is 1. The van der Waals surface area contributed by atoms with Gasteiger partial charge >= 0.3 is 5.97 Å². The van der Waals surface area contributed by atoms with Crippen LogP contribution < -0.4 is 0 Å². The molecule has 6 heteroatoms. The number of hydrogen-bond donors (Lipinski definition) is 1. The van der Waals surface area contributed by atoms with E-state index in [2.05, 4.69) is 0 Å². The Morgan fingerprint density at radius 1 is 1.28 bits per heavy atom. The van der Waals surface area contributed by atoms with E-state index in [1.165, 1.54) is 7.11 Å². The largest absolute Gasteiger partial charge is 0.465 e. The Bertz CT molecular complexity index is 781. The average molecular weight is 347 g/mol. The summed E-state index contributed by atoms with van der Waals surface area (Å²) in [5, 5.41) is 10.0. The number of halogens is 2. The fourth-order valence-corrected chi connectivity index (χ4v) is 3.33. The molecule has 0 saturated carbocycles. The number of carbonyl (C=O) groups is 1. The molecule has 3 rings (SSSR count). The molecule has 1 aliphatic rings. The maximum atomic E-state index is 14.2. The summed E-state index contributed by atoms with van der Waals surface area (Å²) in [6.45, 7) is 0.638. The number of nitrogens with zero attached hydrogens (tertiary/aromatic N) is 1. The molecule has 0 amide bonds. The van der Waals surface area contributed by atoms with Gasteiger partial charge in [0.2, 0.25) is 0 Å². The van der Waals surface area contributed by atoms with Crippen LogP contribution in [0.1, 0.15) is 33.9 Å². The van der Waals surface area contributed by atoms with Crippen molar-refractivity contribution in [3.05, 3.63) is 70.8 Å². The highest BCUT2D eigenvalue weighted by Gasteiger charge is 2.34. The number of aliphatic hydroxyl groups excluding tert-OH is 1. The number of rotatable bonds is 4. The summed E-state index contributed by atoms with van der Waals surface area (Å²) in [6, 6.07) is 9.84. The van der Waals surface area contributed by atoms with E-state index in [1.807, 2.05) is 4.90 Å². The summed E-state index contributed by atoms with van der Waals surface area (Å²) in [4.78, 5) is 13.8. The Morgan fingerprint density at radius 2 is 2.04 bits per heavy atom. The normalized spacial score (nSPS) is 20.6. The molecular formula is C19H19F2NO3. The van der Waals surface area contributed by atoms with Crippen LogP contribution in [0.2, 0.25) is 0 Å². The highest BCUT2D eigenvalue weighted by Crippen LogP contribution is 2.35. The second kappa shape index (κ2) is 7.29. The van der Waals surface area contributed by atoms with Gasteiger partial charge in [0.25, 0.3) is 0 Å². The molecule has 1 heterocycles. The molecule has 0 bridgehead atoms. The summed E-state index contributed by atoms with van der Waals surface area (Å²) in [5.41, 5.74) is 1.35. The molecule has 0 aromatic heterocycles. The van der Waals surface area contributed by atoms with Crippen LogP contribution in [-0.2, 0) is 11.3 Å². The summed E-state index contributed by atoms with van der Waals surface area (Å²) in [7, 11) is 1.31. The topological polar surface area (TPSA) is 49.8 Å². The molecule has 4 nitrogen and oxygen atoms in total. The average Bonchev–Trinajstić information content (AvgIpc) is 2.97. The Hall–Kier alpha value is -2.31. The van der Waals surface area contributed by atoms with Crippen molar-refractivity contribution in [3.63, 3.8) is 0 Å². The number of β-amino-alcohol motifs (C(OH)–C–C–N with tert-alkyl or cyclic N) is 1. The molecule has 0 radical (unpaired) electrons. The van der Waals surface area contributed by atoms with Gasteiger partial charge < -0.3 is 9.84 Å². The molecule has 2 aromatic carbocycles. The molecule has 0 spiro atoms. The van der Waals surface area contributed by atoms with Gasteiger partial charge in [-0.05, 0) is 36.2 Å².